The molecule has 10 heteroatoms. The van der Waals surface area contributed by atoms with Gasteiger partial charge in [-0.3, -0.25) is 23.5 Å². The van der Waals surface area contributed by atoms with Crippen molar-refractivity contribution in [2.45, 2.75) is 0 Å². The number of carbonyl (C=O) groups is 2. The maximum atomic E-state index is 12.4. The first-order chi connectivity index (χ1) is 13.2. The second-order valence-corrected chi connectivity index (χ2v) is 6.06. The number of H-pyrrole nitrogens is 1. The van der Waals surface area contributed by atoms with Gasteiger partial charge in [0.2, 0.25) is 11.3 Å². The molecular weight excluding hydrogens is 368 g/mol. The number of fused-ring (bicyclic) bond motifs is 1. The second kappa shape index (κ2) is 6.99. The Morgan fingerprint density at radius 2 is 1.79 bits per heavy atom. The van der Waals surface area contributed by atoms with Crippen molar-refractivity contribution in [3.63, 3.8) is 0 Å². The molecule has 28 heavy (non-hydrogen) atoms. The van der Waals surface area contributed by atoms with E-state index in [1.54, 1.807) is 24.3 Å². The van der Waals surface area contributed by atoms with E-state index in [1.807, 2.05) is 0 Å². The number of para-hydroxylation sites is 1. The van der Waals surface area contributed by atoms with Crippen molar-refractivity contribution in [2.24, 2.45) is 14.1 Å². The number of nitrogens with zero attached hydrogens (tertiary/aromatic N) is 2. The number of aromatic nitrogens is 3. The highest BCUT2D eigenvalue weighted by Crippen LogP contribution is 2.15. The molecule has 0 aliphatic heterocycles. The molecule has 0 radical (unpaired) electrons. The maximum Gasteiger partial charge on any atom is 0.339 e. The fourth-order valence-corrected chi connectivity index (χ4v) is 2.78. The molecule has 10 nitrogen and oxygen atoms in total. The summed E-state index contributed by atoms with van der Waals surface area (Å²) in [5, 5.41) is 0.442. The molecular formula is C18H16N4O6. The van der Waals surface area contributed by atoms with Crippen LogP contribution in [-0.4, -0.2) is 32.5 Å². The number of rotatable bonds is 4. The number of esters is 1. The summed E-state index contributed by atoms with van der Waals surface area (Å²) in [5.74, 6) is -2.09. The third kappa shape index (κ3) is 3.11. The van der Waals surface area contributed by atoms with Crippen molar-refractivity contribution in [3.8, 4) is 0 Å². The Bertz CT molecular complexity index is 1300. The fourth-order valence-electron chi connectivity index (χ4n) is 2.78. The lowest BCUT2D eigenvalue weighted by Gasteiger charge is -2.11. The Morgan fingerprint density at radius 1 is 1.11 bits per heavy atom. The summed E-state index contributed by atoms with van der Waals surface area (Å²) in [7, 11) is 2.51. The lowest BCUT2D eigenvalue weighted by Crippen LogP contribution is -2.42. The minimum Gasteiger partial charge on any atom is -0.454 e. The maximum absolute atomic E-state index is 12.4. The predicted molar refractivity (Wildman–Crippen MR) is 101 cm³/mol. The normalized spacial score (nSPS) is 10.8. The van der Waals surface area contributed by atoms with Gasteiger partial charge in [-0.1, -0.05) is 18.2 Å². The van der Waals surface area contributed by atoms with Gasteiger partial charge in [0, 0.05) is 31.1 Å². The van der Waals surface area contributed by atoms with Crippen LogP contribution >= 0.6 is 0 Å². The number of carbonyl (C=O) groups excluding carboxylic acids is 2. The third-order valence-electron chi connectivity index (χ3n) is 4.29. The lowest BCUT2D eigenvalue weighted by atomic mass is 10.1. The minimum absolute atomic E-state index is 0.0199. The molecule has 0 spiro atoms. The van der Waals surface area contributed by atoms with Crippen molar-refractivity contribution in [2.75, 3.05) is 12.3 Å². The van der Waals surface area contributed by atoms with Crippen molar-refractivity contribution < 1.29 is 14.3 Å². The highest BCUT2D eigenvalue weighted by Gasteiger charge is 2.22. The molecule has 2 heterocycles. The van der Waals surface area contributed by atoms with Crippen LogP contribution < -0.4 is 22.5 Å². The molecule has 0 saturated carbocycles. The quantitative estimate of drug-likeness (QED) is 0.457. The molecule has 3 N–H and O–H groups in total. The summed E-state index contributed by atoms with van der Waals surface area (Å²) in [5.41, 5.74) is 3.59. The number of hydrogen-bond donors (Lipinski definition) is 2. The minimum atomic E-state index is -0.907. The number of pyridine rings is 1. The van der Waals surface area contributed by atoms with Crippen molar-refractivity contribution >= 4 is 28.5 Å². The van der Waals surface area contributed by atoms with Gasteiger partial charge in [-0.25, -0.2) is 9.59 Å². The Kier molecular flexibility index (Phi) is 4.70. The number of nitrogens with two attached hydrogens (primary N) is 1. The summed E-state index contributed by atoms with van der Waals surface area (Å²) in [6.07, 6.45) is 0. The summed E-state index contributed by atoms with van der Waals surface area (Å²) in [6.45, 7) is -0.780. The van der Waals surface area contributed by atoms with Crippen molar-refractivity contribution in [3.05, 3.63) is 72.7 Å². The van der Waals surface area contributed by atoms with E-state index in [0.29, 0.717) is 10.9 Å². The molecule has 0 unspecified atom stereocenters. The molecule has 3 rings (SSSR count). The van der Waals surface area contributed by atoms with Crippen LogP contribution in [0, 0.1) is 0 Å². The summed E-state index contributed by atoms with van der Waals surface area (Å²) >= 11 is 0. The Balaban J connectivity index is 1.91. The number of ketones is 1. The second-order valence-electron chi connectivity index (χ2n) is 6.06. The zero-order valence-corrected chi connectivity index (χ0v) is 15.0. The van der Waals surface area contributed by atoms with Gasteiger partial charge in [0.15, 0.2) is 6.61 Å². The van der Waals surface area contributed by atoms with E-state index in [4.69, 9.17) is 10.5 Å². The van der Waals surface area contributed by atoms with Crippen molar-refractivity contribution in [1.29, 1.82) is 0 Å². The Labute approximate surface area is 156 Å². The molecule has 1 aromatic carbocycles. The number of ether oxygens (including phenoxy) is 1. The number of benzene rings is 1. The van der Waals surface area contributed by atoms with Crippen LogP contribution in [0.15, 0.2) is 44.7 Å². The molecule has 0 bridgehead atoms. The Hall–Kier alpha value is -3.95. The molecule has 0 aliphatic rings. The van der Waals surface area contributed by atoms with Crippen LogP contribution in [0.1, 0.15) is 20.7 Å². The first-order valence-corrected chi connectivity index (χ1v) is 8.10. The van der Waals surface area contributed by atoms with E-state index < -0.39 is 40.7 Å². The van der Waals surface area contributed by atoms with Gasteiger partial charge < -0.3 is 15.5 Å². The number of anilines is 1. The van der Waals surface area contributed by atoms with Gasteiger partial charge >= 0.3 is 11.7 Å². The molecule has 0 aliphatic carbocycles. The zero-order chi connectivity index (χ0) is 20.6. The van der Waals surface area contributed by atoms with Crippen LogP contribution in [0.2, 0.25) is 0 Å². The topological polar surface area (TPSA) is 146 Å². The van der Waals surface area contributed by atoms with Gasteiger partial charge in [-0.2, -0.15) is 0 Å². The molecule has 3 aromatic rings. The van der Waals surface area contributed by atoms with E-state index in [9.17, 15) is 24.0 Å². The van der Waals surface area contributed by atoms with Crippen LogP contribution in [-0.2, 0) is 18.8 Å². The largest absolute Gasteiger partial charge is 0.454 e. The van der Waals surface area contributed by atoms with E-state index in [1.165, 1.54) is 14.1 Å². The number of nitrogen functional groups attached to an aromatic ring is 1. The van der Waals surface area contributed by atoms with Crippen LogP contribution in [0.5, 0.6) is 0 Å². The first-order valence-electron chi connectivity index (χ1n) is 8.10. The predicted octanol–water partition coefficient (Wildman–Crippen LogP) is -0.453. The molecule has 0 atom stereocenters. The number of Topliss-reactive ketones (excluding diaryl/α,β-unsaturated/α-hetero) is 1. The Morgan fingerprint density at radius 3 is 2.50 bits per heavy atom. The van der Waals surface area contributed by atoms with Gasteiger partial charge in [-0.05, 0) is 6.07 Å². The smallest absolute Gasteiger partial charge is 0.339 e. The van der Waals surface area contributed by atoms with Crippen LogP contribution in [0.25, 0.3) is 10.9 Å². The van der Waals surface area contributed by atoms with Crippen LogP contribution in [0.3, 0.4) is 0 Å². The van der Waals surface area contributed by atoms with E-state index in [2.05, 4.69) is 4.98 Å². The molecule has 2 aromatic heterocycles. The SMILES string of the molecule is Cn1c(N)c(C(=O)COC(=O)c2cc(=O)[nH]c3ccccc23)c(=O)n(C)c1=O. The summed E-state index contributed by atoms with van der Waals surface area (Å²) in [6, 6.07) is 7.67. The molecule has 0 amide bonds. The van der Waals surface area contributed by atoms with E-state index in [0.717, 1.165) is 15.2 Å². The van der Waals surface area contributed by atoms with E-state index in [-0.39, 0.29) is 11.4 Å². The zero-order valence-electron chi connectivity index (χ0n) is 15.0. The molecule has 144 valence electrons. The standard InChI is InChI=1S/C18H16N4O6/c1-21-15(19)14(16(25)22(2)18(21)27)12(23)8-28-17(26)10-7-13(24)20-11-6-4-3-5-9(10)11/h3-7H,8,19H2,1-2H3,(H,20,24). The number of hydrogen-bond acceptors (Lipinski definition) is 7. The average Bonchev–Trinajstić information content (AvgIpc) is 2.68. The summed E-state index contributed by atoms with van der Waals surface area (Å²) < 4.78 is 6.67. The average molecular weight is 384 g/mol. The van der Waals surface area contributed by atoms with Crippen LogP contribution in [0.4, 0.5) is 5.82 Å². The van der Waals surface area contributed by atoms with Gasteiger partial charge in [-0.15, -0.1) is 0 Å². The van der Waals surface area contributed by atoms with Gasteiger partial charge in [0.25, 0.3) is 5.56 Å². The monoisotopic (exact) mass is 384 g/mol. The number of nitrogens with one attached hydrogen (secondary N) is 1. The van der Waals surface area contributed by atoms with E-state index >= 15 is 0 Å². The van der Waals surface area contributed by atoms with Gasteiger partial charge in [0.05, 0.1) is 5.56 Å². The van der Waals surface area contributed by atoms with Gasteiger partial charge in [0.1, 0.15) is 11.4 Å². The lowest BCUT2D eigenvalue weighted by molar-refractivity contribution is 0.0476. The highest BCUT2D eigenvalue weighted by atomic mass is 16.5. The molecule has 0 saturated heterocycles. The first kappa shape index (κ1) is 18.8. The molecule has 0 fully saturated rings. The van der Waals surface area contributed by atoms with Crippen molar-refractivity contribution in [1.82, 2.24) is 14.1 Å². The third-order valence-corrected chi connectivity index (χ3v) is 4.29. The fraction of sp³-hybridized carbons (Fsp3) is 0.167. The highest BCUT2D eigenvalue weighted by molar-refractivity contribution is 6.05. The number of aromatic amines is 1. The summed E-state index contributed by atoms with van der Waals surface area (Å²) in [4.78, 5) is 63.2.